The molecule has 1 saturated carbocycles. The summed E-state index contributed by atoms with van der Waals surface area (Å²) in [5.74, 6) is 0.388. The molecule has 32 heavy (non-hydrogen) atoms. The molecular weight excluding hydrogens is 478 g/mol. The summed E-state index contributed by atoms with van der Waals surface area (Å²) in [6, 6.07) is 12.8. The number of sulfonamides is 1. The van der Waals surface area contributed by atoms with Crippen molar-refractivity contribution in [2.24, 2.45) is 5.92 Å². The van der Waals surface area contributed by atoms with Crippen LogP contribution in [0.4, 0.5) is 4.79 Å². The summed E-state index contributed by atoms with van der Waals surface area (Å²) in [6.07, 6.45) is 1.89. The van der Waals surface area contributed by atoms with Crippen molar-refractivity contribution in [2.75, 3.05) is 6.26 Å². The third-order valence-corrected chi connectivity index (χ3v) is 8.99. The van der Waals surface area contributed by atoms with Gasteiger partial charge in [0.05, 0.1) is 12.4 Å². The molecule has 4 rings (SSSR count). The first-order valence-electron chi connectivity index (χ1n) is 9.24. The Bertz CT molecular complexity index is 1310. The lowest BCUT2D eigenvalue weighted by Gasteiger charge is -2.04. The molecule has 0 aliphatic heterocycles. The summed E-state index contributed by atoms with van der Waals surface area (Å²) in [5.41, 5.74) is 1.12. The van der Waals surface area contributed by atoms with Crippen molar-refractivity contribution in [1.82, 2.24) is 14.5 Å². The van der Waals surface area contributed by atoms with Gasteiger partial charge in [-0.1, -0.05) is 37.3 Å². The second-order valence-corrected chi connectivity index (χ2v) is 12.2. The van der Waals surface area contributed by atoms with E-state index in [4.69, 9.17) is 15.0 Å². The minimum Gasteiger partial charge on any atom is -0.450 e. The number of nitrogens with one attached hydrogen (secondary N) is 1. The maximum Gasteiger partial charge on any atom is 0.503 e. The molecule has 0 radical (unpaired) electrons. The van der Waals surface area contributed by atoms with Crippen LogP contribution in [0, 0.1) is 5.92 Å². The predicted octanol–water partition coefficient (Wildman–Crippen LogP) is 2.64. The highest BCUT2D eigenvalue weighted by atomic mass is 32.2. The van der Waals surface area contributed by atoms with Crippen LogP contribution in [0.3, 0.4) is 0 Å². The molecule has 3 atom stereocenters. The Balaban J connectivity index is 0.000000668. The average Bonchev–Trinajstić information content (AvgIpc) is 3.15. The van der Waals surface area contributed by atoms with Gasteiger partial charge in [-0.2, -0.15) is 5.10 Å². The molecule has 0 saturated heterocycles. The minimum atomic E-state index is -3.67. The van der Waals surface area contributed by atoms with Crippen LogP contribution in [0.25, 0.3) is 5.00 Å². The SMILES string of the molecule is C[C@H]1[C@H](NS(=O)(=O)c2ccc(-n3cc(S(C)(=O)=O)cn3)s2)[C@H]1c1ccccc1.O=C(O)O. The fourth-order valence-corrected chi connectivity index (χ4v) is 6.39. The maximum absolute atomic E-state index is 12.8. The van der Waals surface area contributed by atoms with E-state index in [2.05, 4.69) is 9.82 Å². The summed E-state index contributed by atoms with van der Waals surface area (Å²) >= 11 is 1.04. The zero-order valence-corrected chi connectivity index (χ0v) is 19.4. The van der Waals surface area contributed by atoms with Crippen molar-refractivity contribution in [3.05, 3.63) is 60.4 Å². The van der Waals surface area contributed by atoms with Gasteiger partial charge in [-0.3, -0.25) is 0 Å². The summed E-state index contributed by atoms with van der Waals surface area (Å²) in [7, 11) is -7.04. The number of hydrogen-bond acceptors (Lipinski definition) is 7. The number of thiophene rings is 1. The highest BCUT2D eigenvalue weighted by molar-refractivity contribution is 7.91. The zero-order chi connectivity index (χ0) is 23.7. The zero-order valence-electron chi connectivity index (χ0n) is 17.0. The lowest BCUT2D eigenvalue weighted by Crippen LogP contribution is -2.27. The van der Waals surface area contributed by atoms with E-state index in [0.717, 1.165) is 23.2 Å². The highest BCUT2D eigenvalue weighted by Gasteiger charge is 2.49. The normalized spacial score (nSPS) is 20.2. The van der Waals surface area contributed by atoms with Gasteiger partial charge >= 0.3 is 6.16 Å². The number of nitrogens with zero attached hydrogens (tertiary/aromatic N) is 2. The molecule has 1 aromatic carbocycles. The van der Waals surface area contributed by atoms with E-state index >= 15 is 0 Å². The molecule has 1 fully saturated rings. The molecule has 1 aliphatic carbocycles. The molecule has 3 aromatic rings. The van der Waals surface area contributed by atoms with E-state index < -0.39 is 26.0 Å². The van der Waals surface area contributed by atoms with Crippen molar-refractivity contribution < 1.29 is 31.8 Å². The standard InChI is InChI=1S/C18H19N3O4S3.CH2O3/c1-12-17(13-6-4-3-5-7-13)18(12)20-28(24,25)16-9-8-15(26-16)21-11-14(10-19-21)27(2,22)23;2-1(3)4/h3-12,17-18,20H,1-2H3;(H2,2,3,4)/t12-,17-,18+;/m1./s1. The van der Waals surface area contributed by atoms with Crippen molar-refractivity contribution >= 4 is 37.4 Å². The average molecular weight is 500 g/mol. The number of hydrogen-bond donors (Lipinski definition) is 3. The molecule has 1 aliphatic rings. The van der Waals surface area contributed by atoms with Crippen LogP contribution in [0.1, 0.15) is 18.4 Å². The molecule has 3 N–H and O–H groups in total. The molecule has 13 heteroatoms. The number of benzene rings is 1. The van der Waals surface area contributed by atoms with Crippen LogP contribution < -0.4 is 4.72 Å². The van der Waals surface area contributed by atoms with Gasteiger partial charge in [0.15, 0.2) is 9.84 Å². The number of sulfone groups is 1. The van der Waals surface area contributed by atoms with Crippen LogP contribution in [0.15, 0.2) is 64.0 Å². The van der Waals surface area contributed by atoms with E-state index in [1.807, 2.05) is 37.3 Å². The molecular formula is C19H21N3O7S3. The van der Waals surface area contributed by atoms with E-state index in [0.29, 0.717) is 5.00 Å². The van der Waals surface area contributed by atoms with E-state index in [1.54, 1.807) is 6.07 Å². The Labute approximate surface area is 189 Å². The molecule has 0 spiro atoms. The third kappa shape index (κ3) is 5.54. The topological polar surface area (TPSA) is 156 Å². The van der Waals surface area contributed by atoms with Crippen LogP contribution in [0.2, 0.25) is 0 Å². The number of aromatic nitrogens is 2. The van der Waals surface area contributed by atoms with E-state index in [-0.39, 0.29) is 27.0 Å². The Kier molecular flexibility index (Phi) is 6.74. The molecule has 2 heterocycles. The summed E-state index contributed by atoms with van der Waals surface area (Å²) in [5, 5.41) is 18.5. The van der Waals surface area contributed by atoms with Crippen LogP contribution in [-0.2, 0) is 19.9 Å². The second-order valence-electron chi connectivity index (χ2n) is 7.21. The Morgan fingerprint density at radius 3 is 2.28 bits per heavy atom. The van der Waals surface area contributed by atoms with Gasteiger partial charge in [0.1, 0.15) is 14.1 Å². The fraction of sp³-hybridized carbons (Fsp3) is 0.263. The maximum atomic E-state index is 12.8. The van der Waals surface area contributed by atoms with E-state index in [9.17, 15) is 16.8 Å². The monoisotopic (exact) mass is 499 g/mol. The Morgan fingerprint density at radius 2 is 1.72 bits per heavy atom. The van der Waals surface area contributed by atoms with Gasteiger partial charge in [0.25, 0.3) is 0 Å². The van der Waals surface area contributed by atoms with Crippen molar-refractivity contribution in [2.45, 2.75) is 28.0 Å². The van der Waals surface area contributed by atoms with Gasteiger partial charge in [0.2, 0.25) is 10.0 Å². The second kappa shape index (κ2) is 9.02. The summed E-state index contributed by atoms with van der Waals surface area (Å²) in [4.78, 5) is 8.64. The molecule has 0 unspecified atom stereocenters. The first kappa shape index (κ1) is 23.9. The van der Waals surface area contributed by atoms with Crippen molar-refractivity contribution in [3.63, 3.8) is 0 Å². The quantitative estimate of drug-likeness (QED) is 0.467. The van der Waals surface area contributed by atoms with Gasteiger partial charge < -0.3 is 10.2 Å². The van der Waals surface area contributed by atoms with Gasteiger partial charge in [-0.05, 0) is 23.6 Å². The Hall–Kier alpha value is -2.74. The van der Waals surface area contributed by atoms with Crippen LogP contribution in [-0.4, -0.2) is 55.3 Å². The Morgan fingerprint density at radius 1 is 1.09 bits per heavy atom. The first-order valence-corrected chi connectivity index (χ1v) is 13.4. The number of carbonyl (C=O) groups is 1. The fourth-order valence-electron chi connectivity index (χ4n) is 3.26. The van der Waals surface area contributed by atoms with Crippen LogP contribution >= 0.6 is 11.3 Å². The summed E-state index contributed by atoms with van der Waals surface area (Å²) in [6.45, 7) is 2.03. The van der Waals surface area contributed by atoms with Crippen molar-refractivity contribution in [1.29, 1.82) is 0 Å². The minimum absolute atomic E-state index is 0.0842. The molecule has 0 amide bonds. The molecule has 0 bridgehead atoms. The third-order valence-electron chi connectivity index (χ3n) is 4.90. The highest BCUT2D eigenvalue weighted by Crippen LogP contribution is 2.48. The van der Waals surface area contributed by atoms with Crippen molar-refractivity contribution in [3.8, 4) is 5.00 Å². The first-order chi connectivity index (χ1) is 14.9. The lowest BCUT2D eigenvalue weighted by atomic mass is 10.1. The van der Waals surface area contributed by atoms with Gasteiger partial charge in [-0.15, -0.1) is 11.3 Å². The largest absolute Gasteiger partial charge is 0.503 e. The smallest absolute Gasteiger partial charge is 0.450 e. The molecule has 10 nitrogen and oxygen atoms in total. The number of carboxylic acid groups (broad SMARTS) is 2. The summed E-state index contributed by atoms with van der Waals surface area (Å²) < 4.78 is 53.1. The lowest BCUT2D eigenvalue weighted by molar-refractivity contribution is 0.137. The van der Waals surface area contributed by atoms with Crippen LogP contribution in [0.5, 0.6) is 0 Å². The predicted molar refractivity (Wildman–Crippen MR) is 118 cm³/mol. The van der Waals surface area contributed by atoms with Gasteiger partial charge in [0, 0.05) is 18.2 Å². The molecule has 2 aromatic heterocycles. The molecule has 172 valence electrons. The van der Waals surface area contributed by atoms with Gasteiger partial charge in [-0.25, -0.2) is 31.0 Å². The van der Waals surface area contributed by atoms with E-state index in [1.165, 1.54) is 23.1 Å². The number of rotatable bonds is 6.